The molecule has 1 aromatic heterocycles. The van der Waals surface area contributed by atoms with E-state index >= 15 is 0 Å². The Hall–Kier alpha value is -1.66. The molecule has 1 aromatic carbocycles. The van der Waals surface area contributed by atoms with Gasteiger partial charge < -0.3 is 9.47 Å². The van der Waals surface area contributed by atoms with E-state index in [-0.39, 0.29) is 6.10 Å². The van der Waals surface area contributed by atoms with Crippen molar-refractivity contribution in [2.24, 2.45) is 0 Å². The largest absolute Gasteiger partial charge is 0.494 e. The fourth-order valence-corrected chi connectivity index (χ4v) is 2.77. The Kier molecular flexibility index (Phi) is 4.90. The maximum Gasteiger partial charge on any atom is 0.316 e. The number of likely N-dealkylation sites (tertiary alicyclic amines) is 1. The normalized spacial score (nSPS) is 18.4. The minimum atomic E-state index is 0.142. The zero-order valence-corrected chi connectivity index (χ0v) is 14.0. The van der Waals surface area contributed by atoms with Gasteiger partial charge >= 0.3 is 6.01 Å². The average Bonchev–Trinajstić information content (AvgIpc) is 2.97. The van der Waals surface area contributed by atoms with Crippen LogP contribution in [-0.2, 0) is 6.54 Å². The highest BCUT2D eigenvalue weighted by molar-refractivity contribution is 9.10. The van der Waals surface area contributed by atoms with Crippen LogP contribution in [0.1, 0.15) is 12.0 Å². The van der Waals surface area contributed by atoms with Gasteiger partial charge in [0.1, 0.15) is 6.10 Å². The summed E-state index contributed by atoms with van der Waals surface area (Å²) < 4.78 is 12.0. The van der Waals surface area contributed by atoms with E-state index < -0.39 is 0 Å². The van der Waals surface area contributed by atoms with Gasteiger partial charge in [-0.2, -0.15) is 9.97 Å². The Balaban J connectivity index is 1.52. The molecule has 1 unspecified atom stereocenters. The minimum absolute atomic E-state index is 0.142. The lowest BCUT2D eigenvalue weighted by atomic mass is 10.2. The first kappa shape index (κ1) is 15.2. The fourth-order valence-electron chi connectivity index (χ4n) is 2.50. The van der Waals surface area contributed by atoms with E-state index in [9.17, 15) is 0 Å². The molecule has 0 saturated carbocycles. The first-order chi connectivity index (χ1) is 10.7. The second kappa shape index (κ2) is 7.07. The number of aromatic nitrogens is 2. The number of benzene rings is 1. The number of nitrogens with zero attached hydrogens (tertiary/aromatic N) is 3. The summed E-state index contributed by atoms with van der Waals surface area (Å²) in [6, 6.07) is 8.85. The molecule has 0 bridgehead atoms. The van der Waals surface area contributed by atoms with Crippen LogP contribution in [0.5, 0.6) is 11.8 Å². The van der Waals surface area contributed by atoms with Crippen molar-refractivity contribution in [1.82, 2.24) is 14.9 Å². The molecule has 6 heteroatoms. The van der Waals surface area contributed by atoms with Crippen LogP contribution in [-0.4, -0.2) is 41.2 Å². The number of rotatable bonds is 5. The van der Waals surface area contributed by atoms with Gasteiger partial charge in [0.2, 0.25) is 0 Å². The molecule has 0 radical (unpaired) electrons. The van der Waals surface area contributed by atoms with Gasteiger partial charge in [-0.3, -0.25) is 4.90 Å². The average molecular weight is 364 g/mol. The van der Waals surface area contributed by atoms with E-state index in [1.54, 1.807) is 19.5 Å². The summed E-state index contributed by atoms with van der Waals surface area (Å²) in [4.78, 5) is 10.7. The number of hydrogen-bond acceptors (Lipinski definition) is 5. The van der Waals surface area contributed by atoms with E-state index in [2.05, 4.69) is 55.1 Å². The van der Waals surface area contributed by atoms with Gasteiger partial charge in [0.15, 0.2) is 5.75 Å². The Morgan fingerprint density at radius 1 is 1.23 bits per heavy atom. The van der Waals surface area contributed by atoms with Gasteiger partial charge in [-0.05, 0) is 24.1 Å². The van der Waals surface area contributed by atoms with Crippen molar-refractivity contribution in [3.63, 3.8) is 0 Å². The van der Waals surface area contributed by atoms with Gasteiger partial charge in [0.05, 0.1) is 19.5 Å². The predicted octanol–water partition coefficient (Wildman–Crippen LogP) is 2.90. The number of halogens is 1. The molecule has 0 amide bonds. The number of ether oxygens (including phenoxy) is 2. The zero-order valence-electron chi connectivity index (χ0n) is 12.4. The fraction of sp³-hybridized carbons (Fsp3) is 0.375. The smallest absolute Gasteiger partial charge is 0.316 e. The highest BCUT2D eigenvalue weighted by Gasteiger charge is 2.24. The molecule has 5 nitrogen and oxygen atoms in total. The molecule has 0 aliphatic carbocycles. The zero-order chi connectivity index (χ0) is 15.4. The van der Waals surface area contributed by atoms with Gasteiger partial charge in [-0.15, -0.1) is 0 Å². The van der Waals surface area contributed by atoms with Crippen molar-refractivity contribution < 1.29 is 9.47 Å². The van der Waals surface area contributed by atoms with E-state index in [1.165, 1.54) is 5.56 Å². The van der Waals surface area contributed by atoms with Crippen LogP contribution in [0.3, 0.4) is 0 Å². The summed E-state index contributed by atoms with van der Waals surface area (Å²) in [6.07, 6.45) is 4.38. The third-order valence-corrected chi connectivity index (χ3v) is 4.19. The molecular formula is C16H18BrN3O2. The van der Waals surface area contributed by atoms with Crippen LogP contribution < -0.4 is 9.47 Å². The Labute approximate surface area is 138 Å². The minimum Gasteiger partial charge on any atom is -0.494 e. The summed E-state index contributed by atoms with van der Waals surface area (Å²) in [5.41, 5.74) is 1.31. The van der Waals surface area contributed by atoms with Gasteiger partial charge in [-0.25, -0.2) is 0 Å². The standard InChI is InChI=1S/C16H18BrN3O2/c1-21-15-8-18-16(19-9-15)22-14-6-7-20(11-14)10-12-2-4-13(17)5-3-12/h2-5,8-9,14H,6-7,10-11H2,1H3. The third-order valence-electron chi connectivity index (χ3n) is 3.66. The highest BCUT2D eigenvalue weighted by atomic mass is 79.9. The molecule has 3 rings (SSSR count). The maximum atomic E-state index is 5.83. The van der Waals surface area contributed by atoms with Crippen LogP contribution in [0, 0.1) is 0 Å². The molecule has 2 heterocycles. The summed E-state index contributed by atoms with van der Waals surface area (Å²) >= 11 is 3.46. The van der Waals surface area contributed by atoms with E-state index in [0.29, 0.717) is 11.8 Å². The Bertz CT molecular complexity index is 604. The van der Waals surface area contributed by atoms with Crippen LogP contribution >= 0.6 is 15.9 Å². The molecule has 1 fully saturated rings. The summed E-state index contributed by atoms with van der Waals surface area (Å²) in [7, 11) is 1.59. The molecule has 1 aliphatic heterocycles. The molecule has 1 saturated heterocycles. The monoisotopic (exact) mass is 363 g/mol. The molecule has 0 N–H and O–H groups in total. The highest BCUT2D eigenvalue weighted by Crippen LogP contribution is 2.19. The van der Waals surface area contributed by atoms with E-state index in [0.717, 1.165) is 30.5 Å². The number of methoxy groups -OCH3 is 1. The van der Waals surface area contributed by atoms with Crippen molar-refractivity contribution in [2.45, 2.75) is 19.1 Å². The molecule has 1 aliphatic rings. The van der Waals surface area contributed by atoms with Crippen LogP contribution in [0.2, 0.25) is 0 Å². The van der Waals surface area contributed by atoms with Crippen LogP contribution in [0.25, 0.3) is 0 Å². The lowest BCUT2D eigenvalue weighted by molar-refractivity contribution is 0.183. The van der Waals surface area contributed by atoms with Crippen LogP contribution in [0.15, 0.2) is 41.1 Å². The lowest BCUT2D eigenvalue weighted by Gasteiger charge is -2.16. The van der Waals surface area contributed by atoms with Crippen molar-refractivity contribution in [3.8, 4) is 11.8 Å². The quantitative estimate of drug-likeness (QED) is 0.817. The molecular weight excluding hydrogens is 346 g/mol. The first-order valence-electron chi connectivity index (χ1n) is 7.22. The first-order valence-corrected chi connectivity index (χ1v) is 8.02. The lowest BCUT2D eigenvalue weighted by Crippen LogP contribution is -2.25. The molecule has 1 atom stereocenters. The third kappa shape index (κ3) is 3.96. The topological polar surface area (TPSA) is 47.5 Å². The Morgan fingerprint density at radius 3 is 2.64 bits per heavy atom. The van der Waals surface area contributed by atoms with E-state index in [1.807, 2.05) is 0 Å². The van der Waals surface area contributed by atoms with Crippen molar-refractivity contribution in [1.29, 1.82) is 0 Å². The predicted molar refractivity (Wildman–Crippen MR) is 87.0 cm³/mol. The second-order valence-electron chi connectivity index (χ2n) is 5.30. The van der Waals surface area contributed by atoms with Crippen molar-refractivity contribution in [3.05, 3.63) is 46.7 Å². The maximum absolute atomic E-state index is 5.83. The number of hydrogen-bond donors (Lipinski definition) is 0. The molecule has 2 aromatic rings. The van der Waals surface area contributed by atoms with Gasteiger partial charge in [0.25, 0.3) is 0 Å². The summed E-state index contributed by atoms with van der Waals surface area (Å²) in [5, 5.41) is 0. The van der Waals surface area contributed by atoms with Gasteiger partial charge in [0, 0.05) is 24.1 Å². The molecule has 116 valence electrons. The van der Waals surface area contributed by atoms with Crippen molar-refractivity contribution >= 4 is 15.9 Å². The Morgan fingerprint density at radius 2 is 1.95 bits per heavy atom. The van der Waals surface area contributed by atoms with E-state index in [4.69, 9.17) is 9.47 Å². The SMILES string of the molecule is COc1cnc(OC2CCN(Cc3ccc(Br)cc3)C2)nc1. The molecule has 0 spiro atoms. The summed E-state index contributed by atoms with van der Waals surface area (Å²) in [5.74, 6) is 0.635. The molecule has 22 heavy (non-hydrogen) atoms. The van der Waals surface area contributed by atoms with Crippen molar-refractivity contribution in [2.75, 3.05) is 20.2 Å². The summed E-state index contributed by atoms with van der Waals surface area (Å²) in [6.45, 7) is 2.86. The van der Waals surface area contributed by atoms with Gasteiger partial charge in [-0.1, -0.05) is 28.1 Å². The van der Waals surface area contributed by atoms with Crippen LogP contribution in [0.4, 0.5) is 0 Å². The second-order valence-corrected chi connectivity index (χ2v) is 6.21.